The third kappa shape index (κ3) is 3.51. The topological polar surface area (TPSA) is 115 Å². The van der Waals surface area contributed by atoms with E-state index in [1.54, 1.807) is 19.1 Å². The number of aliphatic hydroxyl groups is 2. The molecule has 0 radical (unpaired) electrons. The van der Waals surface area contributed by atoms with Crippen LogP contribution in [0.5, 0.6) is 5.75 Å². The number of phenolic OH excluding ortho intramolecular Hbond substituents is 1. The molecule has 1 aromatic rings. The highest BCUT2D eigenvalue weighted by Gasteiger charge is 2.40. The lowest BCUT2D eigenvalue weighted by Crippen LogP contribution is -2.35. The van der Waals surface area contributed by atoms with Crippen molar-refractivity contribution < 1.29 is 24.9 Å². The molecule has 3 rings (SSSR count). The first kappa shape index (κ1) is 18.2. The molecule has 2 atom stereocenters. The average Bonchev–Trinajstić information content (AvgIpc) is 2.94. The van der Waals surface area contributed by atoms with Crippen LogP contribution in [0.3, 0.4) is 0 Å². The Labute approximate surface area is 151 Å². The quantitative estimate of drug-likeness (QED) is 0.627. The molecule has 1 amide bonds. The molecule has 8 heteroatoms. The maximum absolute atomic E-state index is 12.0. The Morgan fingerprint density at radius 3 is 2.73 bits per heavy atom. The lowest BCUT2D eigenvalue weighted by molar-refractivity contribution is 0.0853. The van der Waals surface area contributed by atoms with Crippen molar-refractivity contribution in [1.29, 1.82) is 0 Å². The fourth-order valence-corrected chi connectivity index (χ4v) is 3.16. The van der Waals surface area contributed by atoms with Gasteiger partial charge in [-0.3, -0.25) is 9.89 Å². The van der Waals surface area contributed by atoms with Gasteiger partial charge in [-0.05, 0) is 36.6 Å². The summed E-state index contributed by atoms with van der Waals surface area (Å²) in [5, 5.41) is 31.6. The Bertz CT molecular complexity index is 746. The number of amides is 1. The van der Waals surface area contributed by atoms with Crippen molar-refractivity contribution in [2.24, 2.45) is 4.99 Å². The van der Waals surface area contributed by atoms with E-state index >= 15 is 0 Å². The number of phenols is 1. The van der Waals surface area contributed by atoms with Crippen LogP contribution in [0.4, 0.5) is 10.5 Å². The van der Waals surface area contributed by atoms with Gasteiger partial charge in [0.15, 0.2) is 0 Å². The molecule has 0 aromatic heterocycles. The van der Waals surface area contributed by atoms with Crippen LogP contribution in [-0.2, 0) is 4.74 Å². The van der Waals surface area contributed by atoms with Gasteiger partial charge in [-0.2, -0.15) is 0 Å². The Morgan fingerprint density at radius 2 is 2.15 bits per heavy atom. The van der Waals surface area contributed by atoms with Gasteiger partial charge in [0.2, 0.25) is 0 Å². The lowest BCUT2D eigenvalue weighted by Gasteiger charge is -2.22. The second kappa shape index (κ2) is 7.76. The van der Waals surface area contributed by atoms with Crippen LogP contribution >= 0.6 is 0 Å². The summed E-state index contributed by atoms with van der Waals surface area (Å²) in [4.78, 5) is 17.6. The van der Waals surface area contributed by atoms with E-state index < -0.39 is 12.2 Å². The number of carbonyl (C=O) groups is 1. The number of cyclic esters (lactones) is 1. The molecule has 2 heterocycles. The molecule has 0 spiro atoms. The first-order valence-corrected chi connectivity index (χ1v) is 8.59. The van der Waals surface area contributed by atoms with E-state index in [1.807, 2.05) is 12.3 Å². The number of aliphatic imine (C=N–C) groups is 1. The molecule has 0 saturated carbocycles. The summed E-state index contributed by atoms with van der Waals surface area (Å²) in [5.74, 6) is 0.804. The minimum absolute atomic E-state index is 0.0194. The molecule has 2 unspecified atom stereocenters. The second-order valence-corrected chi connectivity index (χ2v) is 6.28. The Balaban J connectivity index is 1.79. The third-order valence-corrected chi connectivity index (χ3v) is 4.63. The van der Waals surface area contributed by atoms with Crippen molar-refractivity contribution in [2.45, 2.75) is 31.9 Å². The molecular formula is C18H23N3O5. The summed E-state index contributed by atoms with van der Waals surface area (Å²) in [6.07, 6.45) is 2.13. The molecule has 26 heavy (non-hydrogen) atoms. The summed E-state index contributed by atoms with van der Waals surface area (Å²) in [7, 11) is 0. The number of rotatable bonds is 5. The molecular weight excluding hydrogens is 338 g/mol. The van der Waals surface area contributed by atoms with Gasteiger partial charge in [-0.15, -0.1) is 0 Å². The molecule has 2 aliphatic heterocycles. The van der Waals surface area contributed by atoms with E-state index in [9.17, 15) is 15.0 Å². The molecule has 2 aliphatic rings. The van der Waals surface area contributed by atoms with Crippen LogP contribution in [0, 0.1) is 0 Å². The predicted octanol–water partition coefficient (Wildman–Crippen LogP) is 1.21. The Kier molecular flexibility index (Phi) is 5.43. The fourth-order valence-electron chi connectivity index (χ4n) is 3.16. The van der Waals surface area contributed by atoms with Crippen LogP contribution in [0.1, 0.15) is 25.3 Å². The minimum atomic E-state index is -0.608. The molecule has 4 N–H and O–H groups in total. The zero-order valence-corrected chi connectivity index (χ0v) is 14.6. The Hall–Kier alpha value is -2.58. The van der Waals surface area contributed by atoms with Gasteiger partial charge in [0.05, 0.1) is 31.5 Å². The average molecular weight is 361 g/mol. The summed E-state index contributed by atoms with van der Waals surface area (Å²) < 4.78 is 5.11. The maximum Gasteiger partial charge on any atom is 0.415 e. The number of carbonyl (C=O) groups excluding carboxylic acids is 1. The van der Waals surface area contributed by atoms with E-state index in [1.165, 1.54) is 4.90 Å². The van der Waals surface area contributed by atoms with Gasteiger partial charge in [0.25, 0.3) is 0 Å². The predicted molar refractivity (Wildman–Crippen MR) is 97.1 cm³/mol. The van der Waals surface area contributed by atoms with Crippen LogP contribution < -0.4 is 10.2 Å². The number of hydrogen-bond acceptors (Lipinski definition) is 6. The van der Waals surface area contributed by atoms with Crippen LogP contribution in [0.25, 0.3) is 5.57 Å². The van der Waals surface area contributed by atoms with E-state index in [4.69, 9.17) is 9.84 Å². The highest BCUT2D eigenvalue weighted by Crippen LogP contribution is 2.36. The van der Waals surface area contributed by atoms with Gasteiger partial charge in [-0.25, -0.2) is 4.79 Å². The van der Waals surface area contributed by atoms with Gasteiger partial charge in [0, 0.05) is 12.6 Å². The molecule has 0 aliphatic carbocycles. The van der Waals surface area contributed by atoms with E-state index in [0.29, 0.717) is 12.2 Å². The number of nitrogens with one attached hydrogen (secondary N) is 1. The molecule has 1 saturated heterocycles. The van der Waals surface area contributed by atoms with Gasteiger partial charge in [0.1, 0.15) is 17.7 Å². The number of hydrogen-bond donors (Lipinski definition) is 4. The largest absolute Gasteiger partial charge is 0.506 e. The number of ether oxygens (including phenoxy) is 1. The summed E-state index contributed by atoms with van der Waals surface area (Å²) in [5.41, 5.74) is 2.22. The number of aromatic hydroxyl groups is 1. The number of nitrogens with zero attached hydrogens (tertiary/aromatic N) is 2. The van der Waals surface area contributed by atoms with Crippen molar-refractivity contribution >= 4 is 23.2 Å². The second-order valence-electron chi connectivity index (χ2n) is 6.28. The van der Waals surface area contributed by atoms with E-state index in [-0.39, 0.29) is 25.0 Å². The van der Waals surface area contributed by atoms with Gasteiger partial charge in [-0.1, -0.05) is 6.07 Å². The number of anilines is 1. The summed E-state index contributed by atoms with van der Waals surface area (Å²) in [6.45, 7) is 1.90. The van der Waals surface area contributed by atoms with E-state index in [2.05, 4.69) is 10.3 Å². The Morgan fingerprint density at radius 1 is 1.35 bits per heavy atom. The van der Waals surface area contributed by atoms with E-state index in [0.717, 1.165) is 29.8 Å². The molecule has 0 bridgehead atoms. The zero-order chi connectivity index (χ0) is 18.7. The highest BCUT2D eigenvalue weighted by molar-refractivity contribution is 5.93. The number of amidine groups is 1. The normalized spacial score (nSPS) is 24.4. The van der Waals surface area contributed by atoms with Gasteiger partial charge >= 0.3 is 6.09 Å². The minimum Gasteiger partial charge on any atom is -0.506 e. The van der Waals surface area contributed by atoms with Crippen molar-refractivity contribution in [1.82, 2.24) is 5.32 Å². The first-order valence-electron chi connectivity index (χ1n) is 8.59. The highest BCUT2D eigenvalue weighted by atomic mass is 16.6. The van der Waals surface area contributed by atoms with Crippen molar-refractivity contribution in [2.75, 3.05) is 24.7 Å². The maximum atomic E-state index is 12.0. The van der Waals surface area contributed by atoms with Crippen molar-refractivity contribution in [3.05, 3.63) is 30.0 Å². The number of allylic oxidation sites excluding steroid dienone is 1. The number of benzene rings is 1. The van der Waals surface area contributed by atoms with Crippen LogP contribution in [0.15, 0.2) is 29.4 Å². The standard InChI is InChI=1S/C18H23N3O5/c1-11-16(10-23)26-18(25)21(11)14-4-2-12(8-15(14)24)13-3-5-17(20-9-13)19-6-7-22/h2,4,8-9,11,16,22-24H,3,5-7,10H2,1H3,(H,19,20). The molecule has 8 nitrogen and oxygen atoms in total. The molecule has 1 aromatic carbocycles. The zero-order valence-electron chi connectivity index (χ0n) is 14.6. The van der Waals surface area contributed by atoms with Crippen LogP contribution in [0.2, 0.25) is 0 Å². The third-order valence-electron chi connectivity index (χ3n) is 4.63. The summed E-state index contributed by atoms with van der Waals surface area (Å²) in [6, 6.07) is 4.76. The molecule has 1 fully saturated rings. The summed E-state index contributed by atoms with van der Waals surface area (Å²) >= 11 is 0. The fraction of sp³-hybridized carbons (Fsp3) is 0.444. The van der Waals surface area contributed by atoms with Crippen LogP contribution in [-0.4, -0.2) is 59.2 Å². The number of aliphatic hydroxyl groups excluding tert-OH is 2. The smallest absolute Gasteiger partial charge is 0.415 e. The van der Waals surface area contributed by atoms with Crippen molar-refractivity contribution in [3.8, 4) is 5.75 Å². The van der Waals surface area contributed by atoms with Crippen molar-refractivity contribution in [3.63, 3.8) is 0 Å². The SMILES string of the molecule is CC1C(CO)OC(=O)N1c1ccc(C2=CNC(=NCCO)CC2)cc1O. The lowest BCUT2D eigenvalue weighted by atomic mass is 9.98. The first-order chi connectivity index (χ1) is 12.5. The molecule has 140 valence electrons. The van der Waals surface area contributed by atoms with Gasteiger partial charge < -0.3 is 25.4 Å². The monoisotopic (exact) mass is 361 g/mol.